The van der Waals surface area contributed by atoms with E-state index in [1.54, 1.807) is 0 Å². The minimum absolute atomic E-state index is 0.0336. The van der Waals surface area contributed by atoms with Gasteiger partial charge in [0, 0.05) is 12.1 Å². The fourth-order valence-electron chi connectivity index (χ4n) is 2.49. The second-order valence-electron chi connectivity index (χ2n) is 6.16. The zero-order chi connectivity index (χ0) is 20.7. The lowest BCUT2D eigenvalue weighted by Gasteiger charge is -2.11. The van der Waals surface area contributed by atoms with Crippen LogP contribution in [0.5, 0.6) is 5.75 Å². The maximum absolute atomic E-state index is 12.3. The van der Waals surface area contributed by atoms with E-state index in [9.17, 15) is 13.2 Å². The van der Waals surface area contributed by atoms with E-state index < -0.39 is 15.9 Å². The highest BCUT2D eigenvalue weighted by molar-refractivity contribution is 7.89. The Kier molecular flexibility index (Phi) is 7.62. The van der Waals surface area contributed by atoms with Gasteiger partial charge in [0.15, 0.2) is 0 Å². The van der Waals surface area contributed by atoms with Crippen LogP contribution in [0.4, 0.5) is 0 Å². The summed E-state index contributed by atoms with van der Waals surface area (Å²) in [5, 5.41) is 2.74. The van der Waals surface area contributed by atoms with Crippen LogP contribution in [0.15, 0.2) is 53.9 Å². The van der Waals surface area contributed by atoms with Crippen molar-refractivity contribution < 1.29 is 17.9 Å². The molecule has 150 valence electrons. The van der Waals surface area contributed by atoms with Gasteiger partial charge in [-0.1, -0.05) is 35.4 Å². The second-order valence-corrected chi connectivity index (χ2v) is 8.30. The minimum atomic E-state index is -3.84. The van der Waals surface area contributed by atoms with E-state index in [0.29, 0.717) is 0 Å². The van der Waals surface area contributed by atoms with Crippen molar-refractivity contribution in [2.75, 3.05) is 19.7 Å². The summed E-state index contributed by atoms with van der Waals surface area (Å²) in [6, 6.07) is 9.95. The molecule has 0 heterocycles. The zero-order valence-corrected chi connectivity index (χ0v) is 17.4. The van der Waals surface area contributed by atoms with Crippen LogP contribution in [0.25, 0.3) is 0 Å². The monoisotopic (exact) mass is 422 g/mol. The Balaban J connectivity index is 1.98. The predicted molar refractivity (Wildman–Crippen MR) is 111 cm³/mol. The van der Waals surface area contributed by atoms with Crippen LogP contribution in [0.3, 0.4) is 0 Å². The standard InChI is InChI=1S/C20H23ClN2O4S/c1-4-9-23-28(25,26)19-13-16(6-7-17(19)21)20(24)22-10-11-27-18-8-5-14(2)12-15(18)3/h4-8,12-13,23H,1,9-11H2,2-3H3,(H,22,24). The lowest BCUT2D eigenvalue weighted by atomic mass is 10.1. The molecule has 0 saturated carbocycles. The molecule has 2 rings (SSSR count). The summed E-state index contributed by atoms with van der Waals surface area (Å²) in [4.78, 5) is 12.2. The van der Waals surface area contributed by atoms with E-state index in [4.69, 9.17) is 16.3 Å². The summed E-state index contributed by atoms with van der Waals surface area (Å²) in [7, 11) is -3.84. The molecule has 0 spiro atoms. The lowest BCUT2D eigenvalue weighted by molar-refractivity contribution is 0.0946. The second kappa shape index (κ2) is 9.73. The van der Waals surface area contributed by atoms with Gasteiger partial charge in [0.1, 0.15) is 17.3 Å². The molecule has 8 heteroatoms. The Morgan fingerprint density at radius 1 is 1.21 bits per heavy atom. The average Bonchev–Trinajstić information content (AvgIpc) is 2.65. The highest BCUT2D eigenvalue weighted by atomic mass is 35.5. The normalized spacial score (nSPS) is 11.1. The zero-order valence-electron chi connectivity index (χ0n) is 15.8. The van der Waals surface area contributed by atoms with E-state index in [1.165, 1.54) is 24.3 Å². The Morgan fingerprint density at radius 2 is 1.96 bits per heavy atom. The maximum Gasteiger partial charge on any atom is 0.251 e. The fourth-order valence-corrected chi connectivity index (χ4v) is 4.01. The summed E-state index contributed by atoms with van der Waals surface area (Å²) in [5.41, 5.74) is 2.36. The summed E-state index contributed by atoms with van der Waals surface area (Å²) in [6.07, 6.45) is 1.41. The molecule has 0 aliphatic rings. The van der Waals surface area contributed by atoms with E-state index in [0.717, 1.165) is 16.9 Å². The lowest BCUT2D eigenvalue weighted by Crippen LogP contribution is -2.29. The SMILES string of the molecule is C=CCNS(=O)(=O)c1cc(C(=O)NCCOc2ccc(C)cc2C)ccc1Cl. The first-order valence-electron chi connectivity index (χ1n) is 8.63. The number of ether oxygens (including phenoxy) is 1. The van der Waals surface area contributed by atoms with Gasteiger partial charge >= 0.3 is 0 Å². The van der Waals surface area contributed by atoms with Gasteiger partial charge in [-0.3, -0.25) is 4.79 Å². The van der Waals surface area contributed by atoms with Crippen molar-refractivity contribution in [1.29, 1.82) is 0 Å². The first-order chi connectivity index (χ1) is 13.2. The molecule has 0 unspecified atom stereocenters. The molecule has 2 aromatic rings. The number of hydrogen-bond donors (Lipinski definition) is 2. The largest absolute Gasteiger partial charge is 0.491 e. The third-order valence-electron chi connectivity index (χ3n) is 3.88. The summed E-state index contributed by atoms with van der Waals surface area (Å²) in [5.74, 6) is 0.342. The molecule has 0 atom stereocenters. The predicted octanol–water partition coefficient (Wildman–Crippen LogP) is 3.23. The molecule has 0 bridgehead atoms. The summed E-state index contributed by atoms with van der Waals surface area (Å²) < 4.78 is 32.5. The minimum Gasteiger partial charge on any atom is -0.491 e. The van der Waals surface area contributed by atoms with Crippen LogP contribution in [-0.2, 0) is 10.0 Å². The Hall–Kier alpha value is -2.35. The first-order valence-corrected chi connectivity index (χ1v) is 10.5. The van der Waals surface area contributed by atoms with Gasteiger partial charge in [-0.05, 0) is 43.7 Å². The van der Waals surface area contributed by atoms with Crippen LogP contribution in [0, 0.1) is 13.8 Å². The number of sulfonamides is 1. The van der Waals surface area contributed by atoms with Crippen LogP contribution in [0.1, 0.15) is 21.5 Å². The molecule has 0 radical (unpaired) electrons. The van der Waals surface area contributed by atoms with E-state index >= 15 is 0 Å². The van der Waals surface area contributed by atoms with Crippen molar-refractivity contribution in [3.05, 3.63) is 70.8 Å². The molecule has 0 saturated heterocycles. The van der Waals surface area contributed by atoms with Crippen molar-refractivity contribution in [2.24, 2.45) is 0 Å². The van der Waals surface area contributed by atoms with Gasteiger partial charge in [-0.2, -0.15) is 0 Å². The Morgan fingerprint density at radius 3 is 2.64 bits per heavy atom. The molecule has 0 aliphatic carbocycles. The number of carbonyl (C=O) groups is 1. The van der Waals surface area contributed by atoms with E-state index in [-0.39, 0.29) is 35.2 Å². The van der Waals surface area contributed by atoms with Crippen molar-refractivity contribution in [1.82, 2.24) is 10.0 Å². The van der Waals surface area contributed by atoms with Gasteiger partial charge in [0.05, 0.1) is 11.6 Å². The summed E-state index contributed by atoms with van der Waals surface area (Å²) >= 11 is 5.99. The van der Waals surface area contributed by atoms with E-state index in [1.807, 2.05) is 32.0 Å². The van der Waals surface area contributed by atoms with Crippen molar-refractivity contribution >= 4 is 27.5 Å². The average molecular weight is 423 g/mol. The molecule has 0 aliphatic heterocycles. The molecule has 1 amide bonds. The van der Waals surface area contributed by atoms with Gasteiger partial charge < -0.3 is 10.1 Å². The molecule has 6 nitrogen and oxygen atoms in total. The van der Waals surface area contributed by atoms with Crippen molar-refractivity contribution in [2.45, 2.75) is 18.7 Å². The Bertz CT molecular complexity index is 974. The highest BCUT2D eigenvalue weighted by Crippen LogP contribution is 2.22. The van der Waals surface area contributed by atoms with Gasteiger partial charge in [-0.15, -0.1) is 6.58 Å². The molecule has 2 aromatic carbocycles. The number of benzene rings is 2. The number of amides is 1. The first kappa shape index (κ1) is 21.9. The number of rotatable bonds is 9. The maximum atomic E-state index is 12.3. The number of carbonyl (C=O) groups excluding carboxylic acids is 1. The topological polar surface area (TPSA) is 84.5 Å². The number of aryl methyl sites for hydroxylation is 2. The van der Waals surface area contributed by atoms with Crippen LogP contribution < -0.4 is 14.8 Å². The third kappa shape index (κ3) is 5.82. The van der Waals surface area contributed by atoms with Crippen molar-refractivity contribution in [3.8, 4) is 5.75 Å². The molecule has 0 fully saturated rings. The smallest absolute Gasteiger partial charge is 0.251 e. The molecular weight excluding hydrogens is 400 g/mol. The highest BCUT2D eigenvalue weighted by Gasteiger charge is 2.19. The van der Waals surface area contributed by atoms with Gasteiger partial charge in [0.25, 0.3) is 5.91 Å². The van der Waals surface area contributed by atoms with Crippen LogP contribution >= 0.6 is 11.6 Å². The molecular formula is C20H23ClN2O4S. The van der Waals surface area contributed by atoms with Crippen LogP contribution in [-0.4, -0.2) is 34.0 Å². The Labute approximate surface area is 170 Å². The number of hydrogen-bond acceptors (Lipinski definition) is 4. The molecule has 0 aromatic heterocycles. The third-order valence-corrected chi connectivity index (χ3v) is 5.78. The molecule has 2 N–H and O–H groups in total. The van der Waals surface area contributed by atoms with E-state index in [2.05, 4.69) is 16.6 Å². The van der Waals surface area contributed by atoms with Gasteiger partial charge in [-0.25, -0.2) is 13.1 Å². The fraction of sp³-hybridized carbons (Fsp3) is 0.250. The van der Waals surface area contributed by atoms with Crippen molar-refractivity contribution in [3.63, 3.8) is 0 Å². The number of nitrogens with one attached hydrogen (secondary N) is 2. The summed E-state index contributed by atoms with van der Waals surface area (Å²) in [6.45, 7) is 8.04. The quantitative estimate of drug-likeness (QED) is 0.480. The molecule has 28 heavy (non-hydrogen) atoms. The van der Waals surface area contributed by atoms with Crippen LogP contribution in [0.2, 0.25) is 5.02 Å². The number of halogens is 1. The van der Waals surface area contributed by atoms with Gasteiger partial charge in [0.2, 0.25) is 10.0 Å².